The predicted octanol–water partition coefficient (Wildman–Crippen LogP) is 5.10. The van der Waals surface area contributed by atoms with Crippen LogP contribution in [0.5, 0.6) is 5.75 Å². The smallest absolute Gasteiger partial charge is 0.133 e. The van der Waals surface area contributed by atoms with Crippen molar-refractivity contribution in [1.82, 2.24) is 15.3 Å². The van der Waals surface area contributed by atoms with Crippen molar-refractivity contribution in [2.45, 2.75) is 6.54 Å². The number of pyridine rings is 1. The number of nitrogens with zero attached hydrogens (tertiary/aromatic N) is 1. The Morgan fingerprint density at radius 1 is 1.03 bits per heavy atom. The third-order valence-electron chi connectivity index (χ3n) is 4.46. The molecule has 2 aromatic carbocycles. The Kier molecular flexibility index (Phi) is 6.80. The monoisotopic (exact) mass is 415 g/mol. The largest absolute Gasteiger partial charge is 0.492 e. The van der Waals surface area contributed by atoms with Crippen molar-refractivity contribution in [2.24, 2.45) is 0 Å². The fourth-order valence-corrected chi connectivity index (χ4v) is 3.10. The Bertz CT molecular complexity index is 1100. The van der Waals surface area contributed by atoms with E-state index in [1.165, 1.54) is 12.1 Å². The number of aromatic amines is 1. The standard InChI is InChI=1S/C22H19F2N3O.ClH/c23-17-4-5-18(20(24)11-17)16-10-15(13-26-14-16)12-25-8-9-28-22-3-1-2-21-19(22)6-7-27-21;/h1-7,10-11,13-14,25,27H,8-9,12H2;1H. The van der Waals surface area contributed by atoms with E-state index in [1.54, 1.807) is 12.4 Å². The van der Waals surface area contributed by atoms with Gasteiger partial charge in [-0.25, -0.2) is 8.78 Å². The van der Waals surface area contributed by atoms with E-state index >= 15 is 0 Å². The van der Waals surface area contributed by atoms with Crippen molar-refractivity contribution in [3.05, 3.63) is 84.3 Å². The van der Waals surface area contributed by atoms with Gasteiger partial charge in [-0.15, -0.1) is 12.4 Å². The Morgan fingerprint density at radius 3 is 2.79 bits per heavy atom. The molecule has 0 fully saturated rings. The molecule has 0 amide bonds. The first kappa shape index (κ1) is 20.8. The highest BCUT2D eigenvalue weighted by Gasteiger charge is 2.08. The summed E-state index contributed by atoms with van der Waals surface area (Å²) in [4.78, 5) is 7.32. The van der Waals surface area contributed by atoms with E-state index in [1.807, 2.05) is 36.5 Å². The minimum atomic E-state index is -0.598. The second-order valence-electron chi connectivity index (χ2n) is 6.43. The van der Waals surface area contributed by atoms with Gasteiger partial charge in [0.15, 0.2) is 0 Å². The molecule has 0 bridgehead atoms. The van der Waals surface area contributed by atoms with Crippen LogP contribution in [0.4, 0.5) is 8.78 Å². The summed E-state index contributed by atoms with van der Waals surface area (Å²) in [5.74, 6) is -0.349. The molecule has 7 heteroatoms. The third-order valence-corrected chi connectivity index (χ3v) is 4.46. The maximum atomic E-state index is 14.0. The lowest BCUT2D eigenvalue weighted by Crippen LogP contribution is -2.20. The molecule has 0 saturated carbocycles. The fourth-order valence-electron chi connectivity index (χ4n) is 3.10. The number of nitrogens with one attached hydrogen (secondary N) is 2. The number of hydrogen-bond donors (Lipinski definition) is 2. The molecule has 150 valence electrons. The fraction of sp³-hybridized carbons (Fsp3) is 0.136. The van der Waals surface area contributed by atoms with E-state index < -0.39 is 11.6 Å². The number of halogens is 3. The maximum absolute atomic E-state index is 14.0. The zero-order valence-corrected chi connectivity index (χ0v) is 16.3. The van der Waals surface area contributed by atoms with Crippen molar-refractivity contribution in [1.29, 1.82) is 0 Å². The normalized spacial score (nSPS) is 10.7. The molecular weight excluding hydrogens is 396 g/mol. The average Bonchev–Trinajstić information content (AvgIpc) is 3.17. The molecule has 4 nitrogen and oxygen atoms in total. The van der Waals surface area contributed by atoms with Gasteiger partial charge in [-0.3, -0.25) is 4.98 Å². The number of rotatable bonds is 7. The molecule has 0 aliphatic heterocycles. The predicted molar refractivity (Wildman–Crippen MR) is 112 cm³/mol. The Morgan fingerprint density at radius 2 is 1.93 bits per heavy atom. The maximum Gasteiger partial charge on any atom is 0.133 e. The van der Waals surface area contributed by atoms with Crippen LogP contribution in [-0.2, 0) is 6.54 Å². The Labute approximate surface area is 173 Å². The summed E-state index contributed by atoms with van der Waals surface area (Å²) in [5, 5.41) is 4.35. The van der Waals surface area contributed by atoms with Crippen LogP contribution in [0.15, 0.2) is 67.1 Å². The highest BCUT2D eigenvalue weighted by molar-refractivity contribution is 5.86. The van der Waals surface area contributed by atoms with Crippen LogP contribution in [0.2, 0.25) is 0 Å². The molecule has 0 saturated heterocycles. The van der Waals surface area contributed by atoms with Gasteiger partial charge in [0.2, 0.25) is 0 Å². The SMILES string of the molecule is Cl.Fc1ccc(-c2cncc(CNCCOc3cccc4[nH]ccc34)c2)c(F)c1. The van der Waals surface area contributed by atoms with Crippen LogP contribution in [0, 0.1) is 11.6 Å². The number of fused-ring (bicyclic) bond motifs is 1. The van der Waals surface area contributed by atoms with Gasteiger partial charge in [0.1, 0.15) is 24.0 Å². The van der Waals surface area contributed by atoms with E-state index in [0.717, 1.165) is 28.3 Å². The summed E-state index contributed by atoms with van der Waals surface area (Å²) >= 11 is 0. The molecule has 2 N–H and O–H groups in total. The lowest BCUT2D eigenvalue weighted by atomic mass is 10.1. The second kappa shape index (κ2) is 9.49. The van der Waals surface area contributed by atoms with Gasteiger partial charge in [-0.1, -0.05) is 6.07 Å². The summed E-state index contributed by atoms with van der Waals surface area (Å²) in [5.41, 5.74) is 2.90. The van der Waals surface area contributed by atoms with Crippen molar-refractivity contribution < 1.29 is 13.5 Å². The van der Waals surface area contributed by atoms with Crippen molar-refractivity contribution in [3.63, 3.8) is 0 Å². The second-order valence-corrected chi connectivity index (χ2v) is 6.43. The van der Waals surface area contributed by atoms with E-state index in [4.69, 9.17) is 4.74 Å². The Hall–Kier alpha value is -2.96. The van der Waals surface area contributed by atoms with E-state index in [2.05, 4.69) is 15.3 Å². The highest BCUT2D eigenvalue weighted by atomic mass is 35.5. The molecule has 0 aliphatic rings. The van der Waals surface area contributed by atoms with Gasteiger partial charge in [-0.05, 0) is 42.0 Å². The lowest BCUT2D eigenvalue weighted by Gasteiger charge is -2.10. The minimum absolute atomic E-state index is 0. The summed E-state index contributed by atoms with van der Waals surface area (Å²) in [6, 6.07) is 13.3. The van der Waals surface area contributed by atoms with Crippen LogP contribution in [0.3, 0.4) is 0 Å². The van der Waals surface area contributed by atoms with Gasteiger partial charge in [0.05, 0.1) is 0 Å². The Balaban J connectivity index is 0.00000240. The van der Waals surface area contributed by atoms with Gasteiger partial charge in [-0.2, -0.15) is 0 Å². The molecule has 0 unspecified atom stereocenters. The quantitative estimate of drug-likeness (QED) is 0.413. The van der Waals surface area contributed by atoms with Gasteiger partial charge >= 0.3 is 0 Å². The first-order valence-corrected chi connectivity index (χ1v) is 9.00. The number of ether oxygens (including phenoxy) is 1. The van der Waals surface area contributed by atoms with E-state index in [9.17, 15) is 8.78 Å². The van der Waals surface area contributed by atoms with Crippen LogP contribution in [0.1, 0.15) is 5.56 Å². The zero-order valence-electron chi connectivity index (χ0n) is 15.5. The highest BCUT2D eigenvalue weighted by Crippen LogP contribution is 2.25. The van der Waals surface area contributed by atoms with Gasteiger partial charge in [0, 0.05) is 59.8 Å². The summed E-state index contributed by atoms with van der Waals surface area (Å²) < 4.78 is 32.9. The molecule has 0 radical (unpaired) electrons. The van der Waals surface area contributed by atoms with Gasteiger partial charge < -0.3 is 15.0 Å². The van der Waals surface area contributed by atoms with Crippen LogP contribution in [-0.4, -0.2) is 23.1 Å². The van der Waals surface area contributed by atoms with Gasteiger partial charge in [0.25, 0.3) is 0 Å². The molecule has 4 rings (SSSR count). The molecule has 0 spiro atoms. The summed E-state index contributed by atoms with van der Waals surface area (Å²) in [6.45, 7) is 1.74. The van der Waals surface area contributed by atoms with Crippen LogP contribution >= 0.6 is 12.4 Å². The first-order chi connectivity index (χ1) is 13.7. The number of aromatic nitrogens is 2. The molecular formula is C22H20ClF2N3O. The van der Waals surface area contributed by atoms with Crippen LogP contribution < -0.4 is 10.1 Å². The number of H-pyrrole nitrogens is 1. The molecule has 0 atom stereocenters. The van der Waals surface area contributed by atoms with E-state index in [-0.39, 0.29) is 12.4 Å². The number of hydrogen-bond acceptors (Lipinski definition) is 3. The zero-order chi connectivity index (χ0) is 19.3. The first-order valence-electron chi connectivity index (χ1n) is 9.00. The molecule has 29 heavy (non-hydrogen) atoms. The number of benzene rings is 2. The topological polar surface area (TPSA) is 49.9 Å². The van der Waals surface area contributed by atoms with Crippen molar-refractivity contribution in [2.75, 3.05) is 13.2 Å². The summed E-state index contributed by atoms with van der Waals surface area (Å²) in [7, 11) is 0. The summed E-state index contributed by atoms with van der Waals surface area (Å²) in [6.07, 6.45) is 5.18. The molecule has 0 aliphatic carbocycles. The third kappa shape index (κ3) is 4.91. The molecule has 2 heterocycles. The molecule has 2 aromatic heterocycles. The van der Waals surface area contributed by atoms with Crippen molar-refractivity contribution in [3.8, 4) is 16.9 Å². The van der Waals surface area contributed by atoms with E-state index in [0.29, 0.717) is 30.8 Å². The lowest BCUT2D eigenvalue weighted by molar-refractivity contribution is 0.317. The average molecular weight is 416 g/mol. The molecule has 4 aromatic rings. The van der Waals surface area contributed by atoms with Crippen LogP contribution in [0.25, 0.3) is 22.0 Å². The minimum Gasteiger partial charge on any atom is -0.492 e. The van der Waals surface area contributed by atoms with Crippen molar-refractivity contribution >= 4 is 23.3 Å².